The van der Waals surface area contributed by atoms with Crippen molar-refractivity contribution in [3.63, 3.8) is 0 Å². The lowest BCUT2D eigenvalue weighted by Gasteiger charge is -2.08. The number of aromatic carboxylic acids is 1. The number of benzene rings is 1. The Bertz CT molecular complexity index is 556. The van der Waals surface area contributed by atoms with Crippen LogP contribution in [0.2, 0.25) is 0 Å². The molecule has 0 bridgehead atoms. The standard InChI is InChI=1S/C11H16N2O5S/c1-12-5-2-6-13-19(17,18)8-3-4-10(14)9(7-8)11(15)16/h3-4,7,12-14H,2,5-6H2,1H3,(H,15,16). The summed E-state index contributed by atoms with van der Waals surface area (Å²) in [7, 11) is -2.01. The van der Waals surface area contributed by atoms with E-state index in [2.05, 4.69) is 10.0 Å². The number of aromatic hydroxyl groups is 1. The second kappa shape index (κ2) is 6.50. The zero-order valence-electron chi connectivity index (χ0n) is 10.4. The molecule has 4 N–H and O–H groups in total. The van der Waals surface area contributed by atoms with Crippen molar-refractivity contribution in [1.82, 2.24) is 10.0 Å². The third-order valence-electron chi connectivity index (χ3n) is 2.40. The molecule has 0 saturated heterocycles. The molecule has 1 aromatic carbocycles. The lowest BCUT2D eigenvalue weighted by molar-refractivity contribution is 0.0693. The van der Waals surface area contributed by atoms with Crippen molar-refractivity contribution in [2.24, 2.45) is 0 Å². The Morgan fingerprint density at radius 1 is 1.32 bits per heavy atom. The van der Waals surface area contributed by atoms with E-state index in [1.165, 1.54) is 0 Å². The second-order valence-corrected chi connectivity index (χ2v) is 5.61. The van der Waals surface area contributed by atoms with Crippen LogP contribution >= 0.6 is 0 Å². The first-order valence-corrected chi connectivity index (χ1v) is 7.07. The van der Waals surface area contributed by atoms with E-state index in [0.29, 0.717) is 13.0 Å². The molecular formula is C11H16N2O5S. The average molecular weight is 288 g/mol. The molecule has 0 spiro atoms. The van der Waals surface area contributed by atoms with Crippen LogP contribution in [0.3, 0.4) is 0 Å². The lowest BCUT2D eigenvalue weighted by atomic mass is 10.2. The van der Waals surface area contributed by atoms with Crippen LogP contribution < -0.4 is 10.0 Å². The quantitative estimate of drug-likeness (QED) is 0.524. The van der Waals surface area contributed by atoms with Crippen molar-refractivity contribution < 1.29 is 23.4 Å². The molecule has 7 nitrogen and oxygen atoms in total. The van der Waals surface area contributed by atoms with Crippen LogP contribution in [0.5, 0.6) is 5.75 Å². The summed E-state index contributed by atoms with van der Waals surface area (Å²) in [6.07, 6.45) is 0.611. The minimum Gasteiger partial charge on any atom is -0.507 e. The Morgan fingerprint density at radius 2 is 2.00 bits per heavy atom. The van der Waals surface area contributed by atoms with E-state index in [0.717, 1.165) is 18.2 Å². The topological polar surface area (TPSA) is 116 Å². The third-order valence-corrected chi connectivity index (χ3v) is 3.86. The zero-order chi connectivity index (χ0) is 14.5. The fraction of sp³-hybridized carbons (Fsp3) is 0.364. The van der Waals surface area contributed by atoms with Crippen molar-refractivity contribution in [1.29, 1.82) is 0 Å². The van der Waals surface area contributed by atoms with Gasteiger partial charge in [0.2, 0.25) is 10.0 Å². The van der Waals surface area contributed by atoms with E-state index in [-0.39, 0.29) is 11.4 Å². The molecule has 0 aliphatic heterocycles. The average Bonchev–Trinajstić information content (AvgIpc) is 2.34. The fourth-order valence-electron chi connectivity index (χ4n) is 1.41. The van der Waals surface area contributed by atoms with Crippen LogP contribution in [0.1, 0.15) is 16.8 Å². The minimum atomic E-state index is -3.77. The molecule has 106 valence electrons. The highest BCUT2D eigenvalue weighted by Gasteiger charge is 2.18. The van der Waals surface area contributed by atoms with Crippen LogP contribution in [0.4, 0.5) is 0 Å². The first kappa shape index (κ1) is 15.4. The number of hydrogen-bond donors (Lipinski definition) is 4. The molecular weight excluding hydrogens is 272 g/mol. The molecule has 0 heterocycles. The van der Waals surface area contributed by atoms with Gasteiger partial charge in [-0.2, -0.15) is 0 Å². The molecule has 0 radical (unpaired) electrons. The summed E-state index contributed by atoms with van der Waals surface area (Å²) < 4.78 is 26.1. The number of rotatable bonds is 7. The van der Waals surface area contributed by atoms with E-state index in [1.807, 2.05) is 0 Å². The molecule has 19 heavy (non-hydrogen) atoms. The molecule has 1 rings (SSSR count). The predicted molar refractivity (Wildman–Crippen MR) is 68.8 cm³/mol. The largest absolute Gasteiger partial charge is 0.507 e. The van der Waals surface area contributed by atoms with Crippen LogP contribution in [-0.2, 0) is 10.0 Å². The van der Waals surface area contributed by atoms with Gasteiger partial charge in [-0.1, -0.05) is 0 Å². The van der Waals surface area contributed by atoms with E-state index < -0.39 is 27.3 Å². The third kappa shape index (κ3) is 4.19. The molecule has 1 aromatic rings. The summed E-state index contributed by atoms with van der Waals surface area (Å²) in [4.78, 5) is 10.6. The summed E-state index contributed by atoms with van der Waals surface area (Å²) in [5.74, 6) is -1.86. The number of hydrogen-bond acceptors (Lipinski definition) is 5. The van der Waals surface area contributed by atoms with E-state index in [4.69, 9.17) is 5.11 Å². The van der Waals surface area contributed by atoms with Gasteiger partial charge in [-0.3, -0.25) is 0 Å². The second-order valence-electron chi connectivity index (χ2n) is 3.84. The zero-order valence-corrected chi connectivity index (χ0v) is 11.2. The number of sulfonamides is 1. The van der Waals surface area contributed by atoms with Crippen LogP contribution in [0.25, 0.3) is 0 Å². The Labute approximate surface area is 111 Å². The van der Waals surface area contributed by atoms with Gasteiger partial charge < -0.3 is 15.5 Å². The van der Waals surface area contributed by atoms with Gasteiger partial charge in [0.15, 0.2) is 0 Å². The van der Waals surface area contributed by atoms with Crippen molar-refractivity contribution in [3.8, 4) is 5.75 Å². The monoisotopic (exact) mass is 288 g/mol. The smallest absolute Gasteiger partial charge is 0.339 e. The molecule has 0 unspecified atom stereocenters. The highest BCUT2D eigenvalue weighted by Crippen LogP contribution is 2.21. The molecule has 0 amide bonds. The Morgan fingerprint density at radius 3 is 2.58 bits per heavy atom. The maximum atomic E-state index is 11.9. The van der Waals surface area contributed by atoms with Gasteiger partial charge in [0.05, 0.1) is 4.90 Å². The van der Waals surface area contributed by atoms with Crippen molar-refractivity contribution in [3.05, 3.63) is 23.8 Å². The van der Waals surface area contributed by atoms with Gasteiger partial charge in [-0.25, -0.2) is 17.9 Å². The molecule has 0 atom stereocenters. The maximum absolute atomic E-state index is 11.9. The lowest BCUT2D eigenvalue weighted by Crippen LogP contribution is -2.27. The molecule has 0 fully saturated rings. The van der Waals surface area contributed by atoms with Crippen molar-refractivity contribution in [2.75, 3.05) is 20.1 Å². The predicted octanol–water partition coefficient (Wildman–Crippen LogP) is -0.0218. The normalized spacial score (nSPS) is 11.4. The van der Waals surface area contributed by atoms with Gasteiger partial charge in [-0.15, -0.1) is 0 Å². The summed E-state index contributed by atoms with van der Waals surface area (Å²) >= 11 is 0. The van der Waals surface area contributed by atoms with E-state index in [1.54, 1.807) is 7.05 Å². The maximum Gasteiger partial charge on any atom is 0.339 e. The number of phenols is 1. The molecule has 0 saturated carbocycles. The van der Waals surface area contributed by atoms with E-state index in [9.17, 15) is 18.3 Å². The van der Waals surface area contributed by atoms with Crippen molar-refractivity contribution in [2.45, 2.75) is 11.3 Å². The molecule has 0 aliphatic rings. The van der Waals surface area contributed by atoms with Gasteiger partial charge >= 0.3 is 5.97 Å². The Kier molecular flexibility index (Phi) is 5.28. The Hall–Kier alpha value is -1.64. The van der Waals surface area contributed by atoms with Gasteiger partial charge in [-0.05, 0) is 38.2 Å². The van der Waals surface area contributed by atoms with Gasteiger partial charge in [0.25, 0.3) is 0 Å². The summed E-state index contributed by atoms with van der Waals surface area (Å²) in [6, 6.07) is 3.13. The van der Waals surface area contributed by atoms with Crippen LogP contribution in [0, 0.1) is 0 Å². The number of carboxylic acid groups (broad SMARTS) is 1. The van der Waals surface area contributed by atoms with Crippen molar-refractivity contribution >= 4 is 16.0 Å². The SMILES string of the molecule is CNCCCNS(=O)(=O)c1ccc(O)c(C(=O)O)c1. The highest BCUT2D eigenvalue weighted by atomic mass is 32.2. The summed E-state index contributed by atoms with van der Waals surface area (Å²) in [5.41, 5.74) is -0.446. The summed E-state index contributed by atoms with van der Waals surface area (Å²) in [6.45, 7) is 0.908. The van der Waals surface area contributed by atoms with Crippen LogP contribution in [-0.4, -0.2) is 44.7 Å². The Balaban J connectivity index is 2.89. The number of nitrogens with one attached hydrogen (secondary N) is 2. The first-order valence-electron chi connectivity index (χ1n) is 5.59. The van der Waals surface area contributed by atoms with Gasteiger partial charge in [0, 0.05) is 6.54 Å². The molecule has 0 aromatic heterocycles. The number of carboxylic acids is 1. The number of carbonyl (C=O) groups is 1. The van der Waals surface area contributed by atoms with Gasteiger partial charge in [0.1, 0.15) is 11.3 Å². The first-order chi connectivity index (χ1) is 8.88. The van der Waals surface area contributed by atoms with Crippen LogP contribution in [0.15, 0.2) is 23.1 Å². The minimum absolute atomic E-state index is 0.188. The highest BCUT2D eigenvalue weighted by molar-refractivity contribution is 7.89. The molecule has 0 aliphatic carbocycles. The van der Waals surface area contributed by atoms with E-state index >= 15 is 0 Å². The fourth-order valence-corrected chi connectivity index (χ4v) is 2.51. The summed E-state index contributed by atoms with van der Waals surface area (Å²) in [5, 5.41) is 21.0. The molecule has 8 heteroatoms.